The highest BCUT2D eigenvalue weighted by Crippen LogP contribution is 2.42. The maximum atomic E-state index is 11.8. The molecule has 0 saturated carbocycles. The molecule has 9 heteroatoms. The normalized spacial score (nSPS) is 11.8. The largest absolute Gasteiger partial charge is 0.505 e. The van der Waals surface area contributed by atoms with Crippen LogP contribution in [-0.4, -0.2) is 32.2 Å². The van der Waals surface area contributed by atoms with Crippen LogP contribution in [0.25, 0.3) is 10.8 Å². The number of ether oxygens (including phenoxy) is 1. The zero-order valence-electron chi connectivity index (χ0n) is 14.5. The highest BCUT2D eigenvalue weighted by atomic mass is 32.2. The number of anilines is 1. The van der Waals surface area contributed by atoms with Crippen molar-refractivity contribution in [1.29, 1.82) is 0 Å². The number of nitrogens with one attached hydrogen (secondary N) is 1. The predicted molar refractivity (Wildman–Crippen MR) is 102 cm³/mol. The van der Waals surface area contributed by atoms with E-state index in [0.717, 1.165) is 5.69 Å². The molecule has 0 aliphatic heterocycles. The number of hydrogen-bond acceptors (Lipinski definition) is 7. The van der Waals surface area contributed by atoms with Crippen LogP contribution in [-0.2, 0) is 10.1 Å². The molecule has 0 aliphatic carbocycles. The van der Waals surface area contributed by atoms with Gasteiger partial charge in [0.1, 0.15) is 16.3 Å². The van der Waals surface area contributed by atoms with Gasteiger partial charge in [-0.3, -0.25) is 4.55 Å². The predicted octanol–water partition coefficient (Wildman–Crippen LogP) is 4.26. The number of azo groups is 1. The van der Waals surface area contributed by atoms with E-state index in [-0.39, 0.29) is 11.4 Å². The summed E-state index contributed by atoms with van der Waals surface area (Å²) in [7, 11) is -1.40. The second-order valence-corrected chi connectivity index (χ2v) is 7.02. The summed E-state index contributed by atoms with van der Waals surface area (Å²) in [5.41, 5.74) is 0.802. The molecule has 0 amide bonds. The van der Waals surface area contributed by atoms with Crippen LogP contribution in [0.1, 0.15) is 0 Å². The molecular weight excluding hydrogens is 370 g/mol. The topological polar surface area (TPSA) is 121 Å². The lowest BCUT2D eigenvalue weighted by atomic mass is 10.1. The summed E-state index contributed by atoms with van der Waals surface area (Å²) < 4.78 is 38.2. The van der Waals surface area contributed by atoms with Crippen LogP contribution in [0.5, 0.6) is 11.5 Å². The van der Waals surface area contributed by atoms with Crippen molar-refractivity contribution in [3.63, 3.8) is 0 Å². The van der Waals surface area contributed by atoms with Crippen molar-refractivity contribution < 1.29 is 22.8 Å². The van der Waals surface area contributed by atoms with Gasteiger partial charge in [0.15, 0.2) is 5.75 Å². The van der Waals surface area contributed by atoms with Gasteiger partial charge in [0.25, 0.3) is 10.1 Å². The molecule has 27 heavy (non-hydrogen) atoms. The van der Waals surface area contributed by atoms with E-state index >= 15 is 0 Å². The van der Waals surface area contributed by atoms with Crippen molar-refractivity contribution in [2.45, 2.75) is 4.90 Å². The lowest BCUT2D eigenvalue weighted by Crippen LogP contribution is -1.99. The average Bonchev–Trinajstić information content (AvgIpc) is 2.66. The lowest BCUT2D eigenvalue weighted by molar-refractivity contribution is 0.415. The van der Waals surface area contributed by atoms with Gasteiger partial charge in [-0.15, -0.1) is 5.11 Å². The minimum absolute atomic E-state index is 0.335. The zero-order valence-corrected chi connectivity index (χ0v) is 15.4. The maximum absolute atomic E-state index is 11.8. The zero-order chi connectivity index (χ0) is 19.6. The van der Waals surface area contributed by atoms with Crippen LogP contribution in [0, 0.1) is 0 Å². The third-order valence-electron chi connectivity index (χ3n) is 3.96. The van der Waals surface area contributed by atoms with Crippen molar-refractivity contribution in [3.8, 4) is 11.5 Å². The molecule has 3 N–H and O–H groups in total. The van der Waals surface area contributed by atoms with Crippen LogP contribution >= 0.6 is 0 Å². The van der Waals surface area contributed by atoms with Crippen LogP contribution < -0.4 is 10.1 Å². The number of phenolic OH excluding ortho intramolecular Hbond substituents is 1. The third-order valence-corrected chi connectivity index (χ3v) is 4.82. The third kappa shape index (κ3) is 3.83. The second kappa shape index (κ2) is 7.22. The Balaban J connectivity index is 2.17. The maximum Gasteiger partial charge on any atom is 0.296 e. The number of methoxy groups -OCH3 is 1. The minimum atomic E-state index is -4.64. The Morgan fingerprint density at radius 3 is 2.33 bits per heavy atom. The molecule has 0 spiro atoms. The minimum Gasteiger partial charge on any atom is -0.505 e. The fourth-order valence-corrected chi connectivity index (χ4v) is 3.21. The van der Waals surface area contributed by atoms with Crippen molar-refractivity contribution >= 4 is 38.0 Å². The van der Waals surface area contributed by atoms with Crippen LogP contribution in [0.15, 0.2) is 63.7 Å². The van der Waals surface area contributed by atoms with Gasteiger partial charge in [0.2, 0.25) is 0 Å². The van der Waals surface area contributed by atoms with Crippen LogP contribution in [0.2, 0.25) is 0 Å². The van der Waals surface area contributed by atoms with Crippen LogP contribution in [0.3, 0.4) is 0 Å². The Bertz CT molecular complexity index is 1130. The first-order chi connectivity index (χ1) is 12.8. The van der Waals surface area contributed by atoms with Crippen molar-refractivity contribution in [3.05, 3.63) is 48.5 Å². The summed E-state index contributed by atoms with van der Waals surface area (Å²) in [6.07, 6.45) is 0. The lowest BCUT2D eigenvalue weighted by Gasteiger charge is -2.10. The first-order valence-corrected chi connectivity index (χ1v) is 9.28. The quantitative estimate of drug-likeness (QED) is 0.444. The van der Waals surface area contributed by atoms with Gasteiger partial charge in [0, 0.05) is 18.1 Å². The SMILES string of the molecule is CNc1ccc2c(O)c(N=Nc3ccc(OC)cc3)c(S(=O)(=O)O)cc2c1. The van der Waals surface area contributed by atoms with E-state index in [0.29, 0.717) is 22.2 Å². The fraction of sp³-hybridized carbons (Fsp3) is 0.111. The number of benzene rings is 3. The summed E-state index contributed by atoms with van der Waals surface area (Å²) >= 11 is 0. The number of fused-ring (bicyclic) bond motifs is 1. The molecule has 0 radical (unpaired) electrons. The van der Waals surface area contributed by atoms with E-state index in [9.17, 15) is 18.1 Å². The van der Waals surface area contributed by atoms with Gasteiger partial charge in [-0.25, -0.2) is 0 Å². The van der Waals surface area contributed by atoms with Gasteiger partial charge < -0.3 is 15.2 Å². The van der Waals surface area contributed by atoms with E-state index < -0.39 is 15.0 Å². The summed E-state index contributed by atoms with van der Waals surface area (Å²) in [5.74, 6) is 0.238. The molecule has 0 atom stereocenters. The van der Waals surface area contributed by atoms with Gasteiger partial charge in [-0.2, -0.15) is 13.5 Å². The molecule has 0 aromatic heterocycles. The number of rotatable bonds is 5. The number of hydrogen-bond donors (Lipinski definition) is 3. The molecule has 0 bridgehead atoms. The highest BCUT2D eigenvalue weighted by molar-refractivity contribution is 7.86. The summed E-state index contributed by atoms with van der Waals surface area (Å²) in [6.45, 7) is 0. The van der Waals surface area contributed by atoms with E-state index in [2.05, 4.69) is 15.5 Å². The Labute approximate surface area is 155 Å². The van der Waals surface area contributed by atoms with Crippen molar-refractivity contribution in [1.82, 2.24) is 0 Å². The Morgan fingerprint density at radius 1 is 1.04 bits per heavy atom. The van der Waals surface area contributed by atoms with E-state index in [1.165, 1.54) is 13.2 Å². The van der Waals surface area contributed by atoms with E-state index in [1.54, 1.807) is 49.5 Å². The van der Waals surface area contributed by atoms with Crippen LogP contribution in [0.4, 0.5) is 17.1 Å². The standard InChI is InChI=1S/C18H17N3O5S/c1-19-13-5-8-15-11(9-13)10-16(27(23,24)25)17(18(15)22)21-20-12-3-6-14(26-2)7-4-12/h3-10,19,22H,1-2H3,(H,23,24,25). The van der Waals surface area contributed by atoms with E-state index in [4.69, 9.17) is 4.74 Å². The molecule has 3 rings (SSSR count). The Kier molecular flexibility index (Phi) is 4.98. The van der Waals surface area contributed by atoms with Gasteiger partial charge in [0.05, 0.1) is 12.8 Å². The van der Waals surface area contributed by atoms with Gasteiger partial charge >= 0.3 is 0 Å². The molecule has 8 nitrogen and oxygen atoms in total. The molecule has 0 heterocycles. The number of aromatic hydroxyl groups is 1. The van der Waals surface area contributed by atoms with Gasteiger partial charge in [-0.05, 0) is 53.9 Å². The van der Waals surface area contributed by atoms with Crippen molar-refractivity contribution in [2.24, 2.45) is 10.2 Å². The molecule has 0 saturated heterocycles. The first-order valence-electron chi connectivity index (χ1n) is 7.84. The number of phenols is 1. The molecule has 140 valence electrons. The summed E-state index contributed by atoms with van der Waals surface area (Å²) in [4.78, 5) is -0.530. The molecule has 0 fully saturated rings. The van der Waals surface area contributed by atoms with Gasteiger partial charge in [-0.1, -0.05) is 0 Å². The van der Waals surface area contributed by atoms with Crippen molar-refractivity contribution in [2.75, 3.05) is 19.5 Å². The molecule has 0 unspecified atom stereocenters. The highest BCUT2D eigenvalue weighted by Gasteiger charge is 2.22. The summed E-state index contributed by atoms with van der Waals surface area (Å²) in [5, 5.41) is 22.1. The molecular formula is C18H17N3O5S. The molecule has 3 aromatic rings. The fourth-order valence-electron chi connectivity index (χ4n) is 2.56. The molecule has 3 aromatic carbocycles. The van der Waals surface area contributed by atoms with E-state index in [1.807, 2.05) is 0 Å². The smallest absolute Gasteiger partial charge is 0.296 e. The molecule has 0 aliphatic rings. The Hall–Kier alpha value is -3.17. The Morgan fingerprint density at radius 2 is 1.74 bits per heavy atom. The second-order valence-electron chi connectivity index (χ2n) is 5.63. The average molecular weight is 387 g/mol. The first kappa shape index (κ1) is 18.6. The number of nitrogens with zero attached hydrogens (tertiary/aromatic N) is 2. The monoisotopic (exact) mass is 387 g/mol. The summed E-state index contributed by atoms with van der Waals surface area (Å²) in [6, 6.07) is 12.8.